The third-order valence-corrected chi connectivity index (χ3v) is 23.9. The van der Waals surface area contributed by atoms with Gasteiger partial charge in [-0.1, -0.05) is 259 Å². The number of carbonyl (C=O) groups is 6. The van der Waals surface area contributed by atoms with Gasteiger partial charge in [0.25, 0.3) is 5.91 Å². The molecule has 668 valence electrons. The monoisotopic (exact) mass is 1780 g/mol. The largest absolute Gasteiger partial charge is 0.482 e. The van der Waals surface area contributed by atoms with Crippen molar-refractivity contribution in [1.82, 2.24) is 46.6 Å². The number of ether oxygens (including phenoxy) is 1. The van der Waals surface area contributed by atoms with E-state index in [1.54, 1.807) is 36.4 Å². The van der Waals surface area contributed by atoms with Crippen molar-refractivity contribution in [3.05, 3.63) is 320 Å². The van der Waals surface area contributed by atoms with Crippen LogP contribution in [-0.2, 0) is 28.8 Å². The van der Waals surface area contributed by atoms with Gasteiger partial charge >= 0.3 is 0 Å². The van der Waals surface area contributed by atoms with Crippen molar-refractivity contribution in [3.63, 3.8) is 0 Å². The Labute approximate surface area is 760 Å². The first-order valence-electron chi connectivity index (χ1n) is 43.7. The molecule has 3 saturated heterocycles. The topological polar surface area (TPSA) is 387 Å². The van der Waals surface area contributed by atoms with Crippen LogP contribution in [0, 0.1) is 5.92 Å². The lowest BCUT2D eigenvalue weighted by Crippen LogP contribution is -2.49. The van der Waals surface area contributed by atoms with E-state index in [1.807, 2.05) is 154 Å². The minimum Gasteiger partial charge on any atom is -0.482 e. The molecule has 0 aromatic heterocycles. The van der Waals surface area contributed by atoms with Crippen LogP contribution in [0.3, 0.4) is 0 Å². The number of aliphatic imine (C=N–C) groups is 3. The van der Waals surface area contributed by atoms with Gasteiger partial charge in [-0.25, -0.2) is 0 Å². The van der Waals surface area contributed by atoms with Gasteiger partial charge in [-0.3, -0.25) is 43.7 Å². The smallest absolute Gasteiger partial charge is 0.257 e. The maximum Gasteiger partial charge on any atom is 0.257 e. The number of hydrogen-bond donors (Lipinski definition) is 12. The van der Waals surface area contributed by atoms with E-state index in [-0.39, 0.29) is 108 Å². The van der Waals surface area contributed by atoms with Crippen LogP contribution >= 0.6 is 34.8 Å². The first-order chi connectivity index (χ1) is 61.7. The number of amides is 6. The number of carbonyl (C=O) groups excluding carboxylic acids is 6. The van der Waals surface area contributed by atoms with Crippen LogP contribution in [0.1, 0.15) is 132 Å². The van der Waals surface area contributed by atoms with Crippen molar-refractivity contribution >= 4 is 94.2 Å². The molecule has 9 aromatic rings. The molecule has 25 nitrogen and oxygen atoms in total. The van der Waals surface area contributed by atoms with E-state index in [0.29, 0.717) is 157 Å². The predicted octanol–water partition coefficient (Wildman–Crippen LogP) is 11.2. The molecule has 4 fully saturated rings. The second-order valence-electron chi connectivity index (χ2n) is 32.3. The predicted molar refractivity (Wildman–Crippen MR) is 508 cm³/mol. The molecular weight excluding hydrogens is 1660 g/mol. The Balaban J connectivity index is 0.000000185. The van der Waals surface area contributed by atoms with Gasteiger partial charge in [-0.2, -0.15) is 0 Å². The molecule has 0 radical (unpaired) electrons. The Morgan fingerprint density at radius 3 is 1.15 bits per heavy atom. The highest BCUT2D eigenvalue weighted by Gasteiger charge is 2.44. The minimum absolute atomic E-state index is 0.0155. The zero-order valence-electron chi connectivity index (χ0n) is 71.7. The molecule has 6 amide bonds. The summed E-state index contributed by atoms with van der Waals surface area (Å²) in [7, 11) is 0. The Hall–Kier alpha value is -12.1. The third kappa shape index (κ3) is 31.2. The summed E-state index contributed by atoms with van der Waals surface area (Å²) in [5.74, 6) is 0.657. The van der Waals surface area contributed by atoms with Crippen molar-refractivity contribution < 1.29 is 33.5 Å². The summed E-state index contributed by atoms with van der Waals surface area (Å²) in [6, 6.07) is 82.7. The Morgan fingerprint density at radius 1 is 0.433 bits per heavy atom. The van der Waals surface area contributed by atoms with Crippen LogP contribution in [0.4, 0.5) is 0 Å². The summed E-state index contributed by atoms with van der Waals surface area (Å²) in [6.07, 6.45) is 9.91. The Kier molecular flexibility index (Phi) is 37.8. The highest BCUT2D eigenvalue weighted by Crippen LogP contribution is 2.47. The lowest BCUT2D eigenvalue weighted by Gasteiger charge is -2.29. The van der Waals surface area contributed by atoms with Crippen molar-refractivity contribution in [2.45, 2.75) is 124 Å². The van der Waals surface area contributed by atoms with Gasteiger partial charge in [0.2, 0.25) is 29.5 Å². The fraction of sp³-hybridized carbons (Fsp3) is 0.343. The fourth-order valence-corrected chi connectivity index (χ4v) is 17.0. The number of nitrogens with two attached hydrogens (primary N) is 6. The van der Waals surface area contributed by atoms with E-state index in [1.165, 1.54) is 22.8 Å². The quantitative estimate of drug-likeness (QED) is 0.00745. The molecule has 4 aliphatic rings. The summed E-state index contributed by atoms with van der Waals surface area (Å²) in [6.45, 7) is 5.77. The normalized spacial score (nSPS) is 18.7. The summed E-state index contributed by atoms with van der Waals surface area (Å²) in [5.41, 5.74) is 42.0. The first-order valence-corrected chi connectivity index (χ1v) is 44.8. The minimum atomic E-state index is -0.449. The zero-order chi connectivity index (χ0) is 89.7. The molecule has 8 atom stereocenters. The molecule has 3 heterocycles. The van der Waals surface area contributed by atoms with Crippen molar-refractivity contribution in [2.24, 2.45) is 55.3 Å². The van der Waals surface area contributed by atoms with E-state index in [0.717, 1.165) is 40.7 Å². The molecule has 3 aliphatic heterocycles. The number of hydrogen-bond acceptors (Lipinski definition) is 13. The molecule has 2 unspecified atom stereocenters. The number of nitrogens with zero attached hydrogens (tertiary/aromatic N) is 6. The van der Waals surface area contributed by atoms with Crippen LogP contribution < -0.4 is 71.0 Å². The average molecular weight is 1780 g/mol. The second kappa shape index (κ2) is 50.3. The van der Waals surface area contributed by atoms with Crippen molar-refractivity contribution in [1.29, 1.82) is 0 Å². The standard InChI is InChI=1S/C34H42N6O2.C33H39ClN6O2.C32H38Cl2N6O3/c35-34(36)37-19-10-17-31-33(42)40(23-30(25-13-6-2-7-14-25)26-15-8-3-9-16-26)20-18-27(39-31)22-38-32(41)29-21-28(29)24-11-4-1-5-12-24;34-27-14-7-9-24(21-27)16-17-31(41)38-22-28-18-20-40(32(42)30(39-28)15-8-19-37-33(35)36)23-29(25-10-3-1-4-11-25)26-12-5-2-6-13-26;33-24-13-14-29(27(34)18-24)43-21-30(41)38-19-25-15-17-40(31(42)28(39-25)12-7-16-37-32(35)36)20-26(22-8-3-1-4-9-22)23-10-5-2-6-11-23/h1-9,11-16,27-31,39H,10,17-23H2,(H,38,41)(H4,35,36,37);1-7,9-14,16-17,21,28-30,39H,8,15,18-20,22-23H2,(H,38,41)(H4,35,36,37);1-6,8-11,13-14,18,25-26,28,39H,7,12,15-17,19-21H2,(H,38,41)(H4,35,36,37)/b;17-16+;/t27-,28?,29?,31-;28-,30-;25-,28-/m000/s1. The van der Waals surface area contributed by atoms with Gasteiger partial charge in [0.1, 0.15) is 5.75 Å². The lowest BCUT2D eigenvalue weighted by atomic mass is 9.90. The van der Waals surface area contributed by atoms with Crippen LogP contribution in [-0.4, -0.2) is 189 Å². The SMILES string of the molecule is NC(N)=NCCC[C@@H]1N[C@H](CNC(=O)/C=C/c2cccc(Cl)c2)CCN(CC(c2ccccc2)c2ccccc2)C1=O.NC(N)=NCCC[C@@H]1N[C@H](CNC(=O)C2CC2c2ccccc2)CCN(CC(c2ccccc2)c2ccccc2)C1=O.NC(N)=NCCC[C@@H]1N[C@H](CNC(=O)COc2ccc(Cl)cc2Cl)CCN(CC(c2ccccc2)c2ccccc2)C1=O. The molecule has 127 heavy (non-hydrogen) atoms. The lowest BCUT2D eigenvalue weighted by molar-refractivity contribution is -0.133. The fourth-order valence-electron chi connectivity index (χ4n) is 16.4. The second-order valence-corrected chi connectivity index (χ2v) is 33.6. The van der Waals surface area contributed by atoms with Gasteiger partial charge in [0.05, 0.1) is 23.1 Å². The molecule has 9 aromatic carbocycles. The molecule has 18 N–H and O–H groups in total. The highest BCUT2D eigenvalue weighted by molar-refractivity contribution is 6.35. The molecular formula is C99H119Cl3N18O7. The van der Waals surface area contributed by atoms with Crippen LogP contribution in [0.25, 0.3) is 6.08 Å². The first kappa shape index (κ1) is 95.6. The van der Waals surface area contributed by atoms with E-state index in [2.05, 4.69) is 132 Å². The Bertz CT molecular complexity index is 4940. The number of halogens is 3. The van der Waals surface area contributed by atoms with Crippen molar-refractivity contribution in [3.8, 4) is 5.75 Å². The number of guanidine groups is 3. The van der Waals surface area contributed by atoms with E-state index < -0.39 is 12.1 Å². The maximum atomic E-state index is 14.0. The summed E-state index contributed by atoms with van der Waals surface area (Å²) < 4.78 is 5.57. The third-order valence-electron chi connectivity index (χ3n) is 23.1. The number of benzene rings is 9. The molecule has 1 aliphatic carbocycles. The van der Waals surface area contributed by atoms with Crippen LogP contribution in [0.15, 0.2) is 276 Å². The molecule has 0 bridgehead atoms. The number of rotatable bonds is 37. The van der Waals surface area contributed by atoms with E-state index in [9.17, 15) is 28.8 Å². The molecule has 1 saturated carbocycles. The van der Waals surface area contributed by atoms with Gasteiger partial charge < -0.3 is 85.7 Å². The maximum absolute atomic E-state index is 14.0. The summed E-state index contributed by atoms with van der Waals surface area (Å²) >= 11 is 18.1. The number of nitrogens with one attached hydrogen (secondary N) is 6. The molecule has 28 heteroatoms. The van der Waals surface area contributed by atoms with E-state index in [4.69, 9.17) is 73.9 Å². The zero-order valence-corrected chi connectivity index (χ0v) is 73.9. The van der Waals surface area contributed by atoms with Crippen LogP contribution in [0.2, 0.25) is 15.1 Å². The van der Waals surface area contributed by atoms with Crippen molar-refractivity contribution in [2.75, 3.05) is 85.1 Å². The summed E-state index contributed by atoms with van der Waals surface area (Å²) in [5, 5.41) is 21.1. The van der Waals surface area contributed by atoms with Gasteiger partial charge in [0, 0.05) is 136 Å². The highest BCUT2D eigenvalue weighted by atomic mass is 35.5. The van der Waals surface area contributed by atoms with Gasteiger partial charge in [-0.05, 0) is 151 Å². The van der Waals surface area contributed by atoms with Gasteiger partial charge in [-0.15, -0.1) is 0 Å². The molecule has 13 rings (SSSR count). The van der Waals surface area contributed by atoms with E-state index >= 15 is 0 Å². The molecule has 0 spiro atoms. The van der Waals surface area contributed by atoms with Gasteiger partial charge in [0.15, 0.2) is 24.5 Å². The average Bonchev–Trinajstić information content (AvgIpc) is 1.67. The van der Waals surface area contributed by atoms with Crippen LogP contribution in [0.5, 0.6) is 5.75 Å². The summed E-state index contributed by atoms with van der Waals surface area (Å²) in [4.78, 5) is 98.2. The Morgan fingerprint density at radius 2 is 0.787 bits per heavy atom.